The van der Waals surface area contributed by atoms with Gasteiger partial charge in [0, 0.05) is 34.1 Å². The fourth-order valence-corrected chi connectivity index (χ4v) is 4.19. The fourth-order valence-electron chi connectivity index (χ4n) is 4.19. The number of hydrogen-bond acceptors (Lipinski definition) is 12. The summed E-state index contributed by atoms with van der Waals surface area (Å²) in [5.41, 5.74) is -1.19. The average Bonchev–Trinajstić information content (AvgIpc) is 3.28. The van der Waals surface area contributed by atoms with Crippen LogP contribution in [-0.2, 0) is 55.5 Å². The number of alkyl halides is 3. The van der Waals surface area contributed by atoms with Crippen molar-refractivity contribution in [2.75, 3.05) is 13.7 Å². The Labute approximate surface area is 237 Å². The first-order chi connectivity index (χ1) is 19.7. The molecule has 16 heteroatoms. The molecule has 0 radical (unpaired) electrons. The lowest BCUT2D eigenvalue weighted by molar-refractivity contribution is -0.289. The Morgan fingerprint density at radius 2 is 1.45 bits per heavy atom. The number of benzene rings is 1. The quantitative estimate of drug-likeness (QED) is 0.313. The van der Waals surface area contributed by atoms with E-state index in [0.717, 1.165) is 27.7 Å². The van der Waals surface area contributed by atoms with Gasteiger partial charge in [0.2, 0.25) is 18.3 Å². The lowest BCUT2D eigenvalue weighted by atomic mass is 9.98. The van der Waals surface area contributed by atoms with Gasteiger partial charge in [-0.3, -0.25) is 24.3 Å². The molecule has 0 saturated carbocycles. The van der Waals surface area contributed by atoms with Crippen molar-refractivity contribution in [1.82, 2.24) is 10.2 Å². The fraction of sp³-hybridized carbons (Fsp3) is 0.500. The molecule has 1 aromatic carbocycles. The zero-order valence-corrected chi connectivity index (χ0v) is 23.2. The minimum atomic E-state index is -4.86. The van der Waals surface area contributed by atoms with E-state index in [1.54, 1.807) is 24.3 Å². The van der Waals surface area contributed by atoms with E-state index in [1.165, 1.54) is 7.11 Å². The van der Waals surface area contributed by atoms with Crippen LogP contribution < -0.4 is 9.47 Å². The molecular formula is C26H29F3N2O11. The van der Waals surface area contributed by atoms with E-state index in [4.69, 9.17) is 33.2 Å². The molecule has 1 N–H and O–H groups in total. The Morgan fingerprint density at radius 3 is 1.98 bits per heavy atom. The molecule has 1 aliphatic heterocycles. The van der Waals surface area contributed by atoms with Crippen LogP contribution in [0.25, 0.3) is 0 Å². The van der Waals surface area contributed by atoms with Gasteiger partial charge in [-0.05, 0) is 17.7 Å². The van der Waals surface area contributed by atoms with Gasteiger partial charge in [0.25, 0.3) is 0 Å². The number of carbonyl (C=O) groups excluding carboxylic acids is 4. The minimum Gasteiger partial charge on any atom is -0.497 e. The molecule has 0 spiro atoms. The molecule has 5 atom stereocenters. The molecule has 230 valence electrons. The van der Waals surface area contributed by atoms with Crippen molar-refractivity contribution in [2.45, 2.75) is 71.0 Å². The standard InChI is InChI=1S/C26H29F3N2O11/c1-12(32)37-11-19-20(38-13(2)33)21(39-14(3)34)22(40-15(4)35)25(41-19)42-24-18(23(30-31-24)26(27,28)29)10-16-6-8-17(36-5)9-7-16/h6-9,19-22,25H,10-11H2,1-5H3,(H,30,31)/t19-,20-,21+,22-,25+/m1/s1. The molecule has 0 unspecified atom stereocenters. The molecular weight excluding hydrogens is 573 g/mol. The van der Waals surface area contributed by atoms with Crippen LogP contribution in [0.4, 0.5) is 13.2 Å². The van der Waals surface area contributed by atoms with E-state index in [0.29, 0.717) is 11.3 Å². The van der Waals surface area contributed by atoms with Gasteiger partial charge >= 0.3 is 30.1 Å². The van der Waals surface area contributed by atoms with Crippen LogP contribution in [0.5, 0.6) is 11.6 Å². The number of methoxy groups -OCH3 is 1. The van der Waals surface area contributed by atoms with Crippen molar-refractivity contribution in [3.63, 3.8) is 0 Å². The molecule has 2 heterocycles. The van der Waals surface area contributed by atoms with Crippen molar-refractivity contribution in [1.29, 1.82) is 0 Å². The SMILES string of the molecule is COc1ccc(Cc2c(O[C@@H]3O[C@H](COC(C)=O)[C@@H](OC(C)=O)[C@H](OC(C)=O)[C@H]3OC(C)=O)n[nH]c2C(F)(F)F)cc1. The number of nitrogens with one attached hydrogen (secondary N) is 1. The summed E-state index contributed by atoms with van der Waals surface area (Å²) in [6, 6.07) is 6.21. The van der Waals surface area contributed by atoms with Crippen LogP contribution in [0.1, 0.15) is 44.5 Å². The number of H-pyrrole nitrogens is 1. The van der Waals surface area contributed by atoms with E-state index in [1.807, 2.05) is 5.10 Å². The molecule has 2 aromatic rings. The minimum absolute atomic E-state index is 0.310. The summed E-state index contributed by atoms with van der Waals surface area (Å²) in [7, 11) is 1.44. The normalized spacial score (nSPS) is 22.0. The van der Waals surface area contributed by atoms with Gasteiger partial charge in [-0.2, -0.15) is 13.2 Å². The van der Waals surface area contributed by atoms with E-state index in [2.05, 4.69) is 5.10 Å². The summed E-state index contributed by atoms with van der Waals surface area (Å²) in [6.45, 7) is 3.63. The zero-order valence-electron chi connectivity index (χ0n) is 23.2. The molecule has 3 rings (SSSR count). The van der Waals surface area contributed by atoms with Crippen LogP contribution >= 0.6 is 0 Å². The Bertz CT molecular complexity index is 1280. The van der Waals surface area contributed by atoms with E-state index in [-0.39, 0.29) is 6.42 Å². The molecule has 42 heavy (non-hydrogen) atoms. The summed E-state index contributed by atoms with van der Waals surface area (Å²) in [4.78, 5) is 47.4. The summed E-state index contributed by atoms with van der Waals surface area (Å²) < 4.78 is 79.3. The second-order valence-corrected chi connectivity index (χ2v) is 9.09. The predicted octanol–water partition coefficient (Wildman–Crippen LogP) is 2.49. The first-order valence-electron chi connectivity index (χ1n) is 12.4. The van der Waals surface area contributed by atoms with Crippen molar-refractivity contribution >= 4 is 23.9 Å². The number of hydrogen-bond donors (Lipinski definition) is 1. The van der Waals surface area contributed by atoms with Gasteiger partial charge in [0.15, 0.2) is 12.2 Å². The van der Waals surface area contributed by atoms with Gasteiger partial charge in [-0.25, -0.2) is 0 Å². The highest BCUT2D eigenvalue weighted by molar-refractivity contribution is 5.68. The third-order valence-corrected chi connectivity index (χ3v) is 5.83. The third kappa shape index (κ3) is 8.34. The van der Waals surface area contributed by atoms with Crippen molar-refractivity contribution in [3.8, 4) is 11.6 Å². The number of ether oxygens (including phenoxy) is 7. The topological polar surface area (TPSA) is 162 Å². The lowest BCUT2D eigenvalue weighted by Crippen LogP contribution is -2.63. The molecule has 0 amide bonds. The van der Waals surface area contributed by atoms with Gasteiger partial charge in [-0.15, -0.1) is 5.10 Å². The zero-order chi connectivity index (χ0) is 31.2. The average molecular weight is 603 g/mol. The highest BCUT2D eigenvalue weighted by Gasteiger charge is 2.54. The Morgan fingerprint density at radius 1 is 0.881 bits per heavy atom. The molecule has 1 aliphatic rings. The van der Waals surface area contributed by atoms with Gasteiger partial charge < -0.3 is 33.2 Å². The second-order valence-electron chi connectivity index (χ2n) is 9.09. The molecule has 1 aromatic heterocycles. The number of rotatable bonds is 10. The summed E-state index contributed by atoms with van der Waals surface area (Å²) in [5.74, 6) is -3.48. The first kappa shape index (κ1) is 32.2. The third-order valence-electron chi connectivity index (χ3n) is 5.83. The van der Waals surface area contributed by atoms with E-state index >= 15 is 0 Å². The molecule has 1 fully saturated rings. The number of nitrogens with zero attached hydrogens (tertiary/aromatic N) is 1. The molecule has 0 aliphatic carbocycles. The highest BCUT2D eigenvalue weighted by Crippen LogP contribution is 2.38. The van der Waals surface area contributed by atoms with Crippen molar-refractivity contribution in [3.05, 3.63) is 41.1 Å². The first-order valence-corrected chi connectivity index (χ1v) is 12.4. The molecule has 13 nitrogen and oxygen atoms in total. The number of aromatic nitrogens is 2. The maximum absolute atomic E-state index is 13.9. The Hall–Kier alpha value is -4.34. The monoisotopic (exact) mass is 602 g/mol. The number of esters is 4. The molecule has 1 saturated heterocycles. The smallest absolute Gasteiger partial charge is 0.433 e. The predicted molar refractivity (Wildman–Crippen MR) is 132 cm³/mol. The van der Waals surface area contributed by atoms with E-state index in [9.17, 15) is 32.3 Å². The van der Waals surface area contributed by atoms with Crippen LogP contribution in [0.2, 0.25) is 0 Å². The summed E-state index contributed by atoms with van der Waals surface area (Å²) in [5, 5.41) is 5.60. The number of carbonyl (C=O) groups is 4. The summed E-state index contributed by atoms with van der Waals surface area (Å²) >= 11 is 0. The van der Waals surface area contributed by atoms with Gasteiger partial charge in [0.05, 0.1) is 12.7 Å². The van der Waals surface area contributed by atoms with Crippen LogP contribution in [-0.4, -0.2) is 78.5 Å². The summed E-state index contributed by atoms with van der Waals surface area (Å²) in [6.07, 6.45) is -13.0. The highest BCUT2D eigenvalue weighted by atomic mass is 19.4. The number of aromatic amines is 1. The maximum atomic E-state index is 13.9. The van der Waals surface area contributed by atoms with Crippen LogP contribution in [0, 0.1) is 0 Å². The lowest BCUT2D eigenvalue weighted by Gasteiger charge is -2.43. The Balaban J connectivity index is 2.07. The molecule has 0 bridgehead atoms. The second kappa shape index (κ2) is 13.5. The van der Waals surface area contributed by atoms with Crippen molar-refractivity contribution in [2.24, 2.45) is 0 Å². The Kier molecular flexibility index (Phi) is 10.4. The van der Waals surface area contributed by atoms with Gasteiger partial charge in [-0.1, -0.05) is 12.1 Å². The van der Waals surface area contributed by atoms with Crippen molar-refractivity contribution < 1.29 is 65.5 Å². The van der Waals surface area contributed by atoms with Crippen LogP contribution in [0.15, 0.2) is 24.3 Å². The number of halogens is 3. The van der Waals surface area contributed by atoms with Crippen LogP contribution in [0.3, 0.4) is 0 Å². The maximum Gasteiger partial charge on any atom is 0.433 e. The largest absolute Gasteiger partial charge is 0.497 e. The van der Waals surface area contributed by atoms with Gasteiger partial charge in [0.1, 0.15) is 24.2 Å². The van der Waals surface area contributed by atoms with E-state index < -0.39 is 84.5 Å².